The van der Waals surface area contributed by atoms with Crippen molar-refractivity contribution in [2.45, 2.75) is 30.9 Å². The molecule has 0 saturated heterocycles. The molecule has 25 heavy (non-hydrogen) atoms. The minimum Gasteiger partial charge on any atom is -0.355 e. The second-order valence-corrected chi connectivity index (χ2v) is 8.05. The summed E-state index contributed by atoms with van der Waals surface area (Å²) in [6, 6.07) is 12.7. The molecule has 0 spiro atoms. The number of rotatable bonds is 4. The summed E-state index contributed by atoms with van der Waals surface area (Å²) in [5.41, 5.74) is 5.37. The van der Waals surface area contributed by atoms with E-state index in [1.54, 1.807) is 0 Å². The Hall–Kier alpha value is -2.53. The molecular weight excluding hydrogens is 328 g/mol. The summed E-state index contributed by atoms with van der Waals surface area (Å²) < 4.78 is 0. The van der Waals surface area contributed by atoms with Crippen LogP contribution >= 0.6 is 11.8 Å². The minimum absolute atomic E-state index is 0.551. The fourth-order valence-electron chi connectivity index (χ4n) is 3.02. The topological polar surface area (TPSA) is 53.6 Å². The second-order valence-electron chi connectivity index (χ2n) is 6.40. The third kappa shape index (κ3) is 3.07. The average molecular weight is 348 g/mol. The Labute approximate surface area is 151 Å². The highest BCUT2D eigenvalue weighted by molar-refractivity contribution is 7.99. The molecule has 2 N–H and O–H groups in total. The minimum atomic E-state index is 0.551. The number of aryl methyl sites for hydroxylation is 1. The van der Waals surface area contributed by atoms with Crippen LogP contribution in [0, 0.1) is 6.92 Å². The van der Waals surface area contributed by atoms with Crippen molar-refractivity contribution in [2.75, 3.05) is 5.32 Å². The van der Waals surface area contributed by atoms with Crippen LogP contribution in [0.1, 0.15) is 19.4 Å². The van der Waals surface area contributed by atoms with E-state index in [0.717, 1.165) is 38.7 Å². The molecule has 4 aromatic rings. The molecular formula is C20H20N4S. The average Bonchev–Trinajstić information content (AvgIpc) is 3.07. The van der Waals surface area contributed by atoms with E-state index in [1.807, 2.05) is 30.2 Å². The molecule has 0 unspecified atom stereocenters. The first-order valence-corrected chi connectivity index (χ1v) is 9.25. The molecule has 5 heteroatoms. The van der Waals surface area contributed by atoms with Crippen molar-refractivity contribution in [3.63, 3.8) is 0 Å². The van der Waals surface area contributed by atoms with Gasteiger partial charge in [-0.1, -0.05) is 13.8 Å². The summed E-state index contributed by atoms with van der Waals surface area (Å²) in [5.74, 6) is 0. The van der Waals surface area contributed by atoms with Gasteiger partial charge in [0.1, 0.15) is 0 Å². The number of nitrogens with one attached hydrogen (secondary N) is 2. The van der Waals surface area contributed by atoms with Gasteiger partial charge in [0.15, 0.2) is 0 Å². The number of benzene rings is 2. The Kier molecular flexibility index (Phi) is 4.09. The highest BCUT2D eigenvalue weighted by Gasteiger charge is 2.09. The zero-order chi connectivity index (χ0) is 17.4. The number of pyridine rings is 1. The van der Waals surface area contributed by atoms with E-state index >= 15 is 0 Å². The lowest BCUT2D eigenvalue weighted by Gasteiger charge is -2.13. The summed E-state index contributed by atoms with van der Waals surface area (Å²) in [6.45, 7) is 6.52. The van der Waals surface area contributed by atoms with Crippen LogP contribution in [0.25, 0.3) is 21.8 Å². The maximum atomic E-state index is 4.50. The maximum absolute atomic E-state index is 4.50. The molecule has 2 aromatic carbocycles. The lowest BCUT2D eigenvalue weighted by Crippen LogP contribution is -1.96. The second kappa shape index (κ2) is 6.41. The van der Waals surface area contributed by atoms with Crippen molar-refractivity contribution in [1.82, 2.24) is 15.2 Å². The molecule has 126 valence electrons. The predicted octanol–water partition coefficient (Wildman–Crippen LogP) is 5.66. The van der Waals surface area contributed by atoms with Gasteiger partial charge in [-0.15, -0.1) is 11.8 Å². The number of nitrogens with zero attached hydrogens (tertiary/aromatic N) is 2. The van der Waals surface area contributed by atoms with Gasteiger partial charge in [0, 0.05) is 38.5 Å². The lowest BCUT2D eigenvalue weighted by atomic mass is 10.1. The van der Waals surface area contributed by atoms with E-state index in [0.29, 0.717) is 5.25 Å². The molecule has 0 fully saturated rings. The van der Waals surface area contributed by atoms with Gasteiger partial charge in [0.2, 0.25) is 0 Å². The van der Waals surface area contributed by atoms with Crippen LogP contribution in [-0.4, -0.2) is 20.4 Å². The molecule has 2 heterocycles. The summed E-state index contributed by atoms with van der Waals surface area (Å²) in [7, 11) is 0. The number of hydrogen-bond acceptors (Lipinski definition) is 4. The quantitative estimate of drug-likeness (QED) is 0.467. The molecule has 2 aromatic heterocycles. The Morgan fingerprint density at radius 1 is 1.08 bits per heavy atom. The molecule has 0 amide bonds. The highest BCUT2D eigenvalue weighted by atomic mass is 32.2. The fraction of sp³-hybridized carbons (Fsp3) is 0.200. The van der Waals surface area contributed by atoms with Gasteiger partial charge >= 0.3 is 0 Å². The Balaban J connectivity index is 1.78. The van der Waals surface area contributed by atoms with Crippen molar-refractivity contribution in [3.8, 4) is 0 Å². The van der Waals surface area contributed by atoms with E-state index < -0.39 is 0 Å². The number of aromatic nitrogens is 3. The standard InChI is InChI=1S/C20H20N4S/c1-12(2)25-15-5-7-18-16(10-15)19(8-9-21-18)23-17-6-4-14-11-22-24-20(14)13(17)3/h4-12H,1-3H3,(H,21,23)(H,22,24). The Morgan fingerprint density at radius 3 is 2.80 bits per heavy atom. The SMILES string of the molecule is Cc1c(Nc2ccnc3ccc(SC(C)C)cc23)ccc2cn[nH]c12. The maximum Gasteiger partial charge on any atom is 0.0723 e. The van der Waals surface area contributed by atoms with E-state index in [1.165, 1.54) is 4.90 Å². The van der Waals surface area contributed by atoms with Gasteiger partial charge in [-0.3, -0.25) is 10.1 Å². The van der Waals surface area contributed by atoms with Gasteiger partial charge in [-0.05, 0) is 48.9 Å². The van der Waals surface area contributed by atoms with Crippen molar-refractivity contribution < 1.29 is 0 Å². The molecule has 4 rings (SSSR count). The summed E-state index contributed by atoms with van der Waals surface area (Å²) in [4.78, 5) is 5.77. The molecule has 0 radical (unpaired) electrons. The number of fused-ring (bicyclic) bond motifs is 2. The first kappa shape index (κ1) is 16.0. The number of aromatic amines is 1. The van der Waals surface area contributed by atoms with Crippen LogP contribution < -0.4 is 5.32 Å². The first-order valence-electron chi connectivity index (χ1n) is 8.37. The lowest BCUT2D eigenvalue weighted by molar-refractivity contribution is 1.11. The monoisotopic (exact) mass is 348 g/mol. The Morgan fingerprint density at radius 2 is 1.96 bits per heavy atom. The summed E-state index contributed by atoms with van der Waals surface area (Å²) >= 11 is 1.87. The van der Waals surface area contributed by atoms with E-state index in [9.17, 15) is 0 Å². The van der Waals surface area contributed by atoms with Gasteiger partial charge in [-0.25, -0.2) is 0 Å². The third-order valence-corrected chi connectivity index (χ3v) is 5.23. The van der Waals surface area contributed by atoms with Crippen LogP contribution in [-0.2, 0) is 0 Å². The zero-order valence-corrected chi connectivity index (χ0v) is 15.3. The molecule has 0 saturated carbocycles. The fourth-order valence-corrected chi connectivity index (χ4v) is 3.89. The molecule has 4 nitrogen and oxygen atoms in total. The molecule has 0 aliphatic carbocycles. The largest absolute Gasteiger partial charge is 0.355 e. The van der Waals surface area contributed by atoms with Crippen molar-refractivity contribution in [1.29, 1.82) is 0 Å². The van der Waals surface area contributed by atoms with Crippen LogP contribution in [0.15, 0.2) is 53.7 Å². The van der Waals surface area contributed by atoms with E-state index in [2.05, 4.69) is 71.6 Å². The van der Waals surface area contributed by atoms with Gasteiger partial charge < -0.3 is 5.32 Å². The highest BCUT2D eigenvalue weighted by Crippen LogP contribution is 2.32. The van der Waals surface area contributed by atoms with E-state index in [4.69, 9.17) is 0 Å². The predicted molar refractivity (Wildman–Crippen MR) is 107 cm³/mol. The van der Waals surface area contributed by atoms with Crippen LogP contribution in [0.2, 0.25) is 0 Å². The van der Waals surface area contributed by atoms with Gasteiger partial charge in [0.05, 0.1) is 17.2 Å². The normalized spacial score (nSPS) is 11.5. The smallest absolute Gasteiger partial charge is 0.0723 e. The van der Waals surface area contributed by atoms with Crippen LogP contribution in [0.4, 0.5) is 11.4 Å². The summed E-state index contributed by atoms with van der Waals surface area (Å²) in [6.07, 6.45) is 3.70. The van der Waals surface area contributed by atoms with Crippen molar-refractivity contribution in [2.24, 2.45) is 0 Å². The van der Waals surface area contributed by atoms with Crippen molar-refractivity contribution >= 4 is 44.9 Å². The van der Waals surface area contributed by atoms with E-state index in [-0.39, 0.29) is 0 Å². The van der Waals surface area contributed by atoms with Gasteiger partial charge in [0.25, 0.3) is 0 Å². The number of H-pyrrole nitrogens is 1. The van der Waals surface area contributed by atoms with Crippen molar-refractivity contribution in [3.05, 3.63) is 54.4 Å². The third-order valence-electron chi connectivity index (χ3n) is 4.23. The first-order chi connectivity index (χ1) is 12.1. The number of hydrogen-bond donors (Lipinski definition) is 2. The molecule has 0 aliphatic heterocycles. The number of thioether (sulfide) groups is 1. The number of anilines is 2. The summed E-state index contributed by atoms with van der Waals surface area (Å²) in [5, 5.41) is 13.6. The van der Waals surface area contributed by atoms with Gasteiger partial charge in [-0.2, -0.15) is 5.10 Å². The molecule has 0 atom stereocenters. The Bertz CT molecular complexity index is 1050. The molecule has 0 aliphatic rings. The zero-order valence-electron chi connectivity index (χ0n) is 14.5. The van der Waals surface area contributed by atoms with Crippen LogP contribution in [0.3, 0.4) is 0 Å². The van der Waals surface area contributed by atoms with Crippen LogP contribution in [0.5, 0.6) is 0 Å². The molecule has 0 bridgehead atoms.